The zero-order valence-electron chi connectivity index (χ0n) is 12.8. The van der Waals surface area contributed by atoms with Crippen LogP contribution < -0.4 is 10.1 Å². The number of hydrogen-bond donors (Lipinski definition) is 1. The van der Waals surface area contributed by atoms with Crippen LogP contribution in [-0.2, 0) is 0 Å². The molecule has 1 N–H and O–H groups in total. The van der Waals surface area contributed by atoms with Crippen LogP contribution in [0.3, 0.4) is 0 Å². The van der Waals surface area contributed by atoms with Gasteiger partial charge in [-0.3, -0.25) is 4.79 Å². The number of anilines is 1. The van der Waals surface area contributed by atoms with Crippen LogP contribution in [-0.4, -0.2) is 5.91 Å². The summed E-state index contributed by atoms with van der Waals surface area (Å²) < 4.78 is 45.7. The number of nitrogens with one attached hydrogen (secondary N) is 1. The fourth-order valence-electron chi connectivity index (χ4n) is 2.17. The van der Waals surface area contributed by atoms with E-state index < -0.39 is 28.9 Å². The largest absolute Gasteiger partial charge is 0.455 e. The van der Waals surface area contributed by atoms with Gasteiger partial charge in [-0.05, 0) is 36.4 Å². The lowest BCUT2D eigenvalue weighted by atomic mass is 10.1. The van der Waals surface area contributed by atoms with Crippen LogP contribution in [0.15, 0.2) is 66.7 Å². The first-order valence-electron chi connectivity index (χ1n) is 7.33. The Morgan fingerprint density at radius 3 is 2.24 bits per heavy atom. The smallest absolute Gasteiger partial charge is 0.258 e. The highest BCUT2D eigenvalue weighted by molar-refractivity contribution is 6.05. The van der Waals surface area contributed by atoms with Crippen LogP contribution in [0.4, 0.5) is 18.9 Å². The Kier molecular flexibility index (Phi) is 4.70. The number of benzene rings is 3. The van der Waals surface area contributed by atoms with Crippen LogP contribution in [0.5, 0.6) is 11.5 Å². The van der Waals surface area contributed by atoms with Crippen molar-refractivity contribution in [2.75, 3.05) is 5.32 Å². The van der Waals surface area contributed by atoms with E-state index in [0.717, 1.165) is 6.07 Å². The Morgan fingerprint density at radius 2 is 1.48 bits per heavy atom. The standard InChI is InChI=1S/C19H12F3NO2/c20-14-11-10-13(17(21)18(14)22)19(24)23-15-8-4-5-9-16(15)25-12-6-2-1-3-7-12/h1-11H,(H,23,24). The van der Waals surface area contributed by atoms with Crippen LogP contribution in [0, 0.1) is 17.5 Å². The molecule has 0 saturated carbocycles. The minimum absolute atomic E-state index is 0.264. The monoisotopic (exact) mass is 343 g/mol. The highest BCUT2D eigenvalue weighted by Crippen LogP contribution is 2.29. The Bertz CT molecular complexity index is 914. The number of para-hydroxylation sites is 3. The molecule has 0 atom stereocenters. The molecule has 0 fully saturated rings. The summed E-state index contributed by atoms with van der Waals surface area (Å²) in [7, 11) is 0. The van der Waals surface area contributed by atoms with Gasteiger partial charge in [-0.15, -0.1) is 0 Å². The van der Waals surface area contributed by atoms with E-state index in [4.69, 9.17) is 4.74 Å². The molecular weight excluding hydrogens is 331 g/mol. The summed E-state index contributed by atoms with van der Waals surface area (Å²) in [5.41, 5.74) is -0.339. The highest BCUT2D eigenvalue weighted by Gasteiger charge is 2.19. The summed E-state index contributed by atoms with van der Waals surface area (Å²) in [5.74, 6) is -4.64. The van der Waals surface area contributed by atoms with Crippen LogP contribution in [0.2, 0.25) is 0 Å². The summed E-state index contributed by atoms with van der Waals surface area (Å²) in [6, 6.07) is 16.9. The van der Waals surface area contributed by atoms with Gasteiger partial charge in [0.2, 0.25) is 0 Å². The fraction of sp³-hybridized carbons (Fsp3) is 0. The lowest BCUT2D eigenvalue weighted by molar-refractivity contribution is 0.102. The van der Waals surface area contributed by atoms with Crippen molar-refractivity contribution in [1.82, 2.24) is 0 Å². The molecule has 0 saturated heterocycles. The molecule has 0 heterocycles. The summed E-state index contributed by atoms with van der Waals surface area (Å²) in [6.45, 7) is 0. The van der Waals surface area contributed by atoms with Gasteiger partial charge < -0.3 is 10.1 Å². The number of hydrogen-bond acceptors (Lipinski definition) is 2. The molecular formula is C19H12F3NO2. The Morgan fingerprint density at radius 1 is 0.800 bits per heavy atom. The predicted octanol–water partition coefficient (Wildman–Crippen LogP) is 5.15. The summed E-state index contributed by atoms with van der Waals surface area (Å²) in [6.07, 6.45) is 0. The molecule has 0 aromatic heterocycles. The first-order chi connectivity index (χ1) is 12.1. The van der Waals surface area contributed by atoms with E-state index in [0.29, 0.717) is 17.6 Å². The zero-order chi connectivity index (χ0) is 17.8. The van der Waals surface area contributed by atoms with Crippen molar-refractivity contribution in [1.29, 1.82) is 0 Å². The third-order valence-corrected chi connectivity index (χ3v) is 3.39. The first kappa shape index (κ1) is 16.6. The van der Waals surface area contributed by atoms with Crippen molar-refractivity contribution in [3.8, 4) is 11.5 Å². The Balaban J connectivity index is 1.86. The van der Waals surface area contributed by atoms with E-state index in [-0.39, 0.29) is 5.69 Å². The second-order valence-electron chi connectivity index (χ2n) is 5.09. The highest BCUT2D eigenvalue weighted by atomic mass is 19.2. The summed E-state index contributed by atoms with van der Waals surface area (Å²) in [5, 5.41) is 2.44. The van der Waals surface area contributed by atoms with E-state index in [1.165, 1.54) is 0 Å². The molecule has 0 bridgehead atoms. The molecule has 126 valence electrons. The van der Waals surface area contributed by atoms with Gasteiger partial charge in [-0.2, -0.15) is 0 Å². The van der Waals surface area contributed by atoms with Gasteiger partial charge in [0.15, 0.2) is 23.2 Å². The van der Waals surface area contributed by atoms with Gasteiger partial charge in [-0.25, -0.2) is 13.2 Å². The second-order valence-corrected chi connectivity index (χ2v) is 5.09. The number of carbonyl (C=O) groups excluding carboxylic acids is 1. The Hall–Kier alpha value is -3.28. The molecule has 0 unspecified atom stereocenters. The minimum atomic E-state index is -1.69. The summed E-state index contributed by atoms with van der Waals surface area (Å²) in [4.78, 5) is 12.2. The van der Waals surface area contributed by atoms with E-state index in [2.05, 4.69) is 5.32 Å². The predicted molar refractivity (Wildman–Crippen MR) is 87.2 cm³/mol. The molecule has 0 aliphatic heterocycles. The number of halogens is 3. The van der Waals surface area contributed by atoms with E-state index in [9.17, 15) is 18.0 Å². The maximum absolute atomic E-state index is 13.8. The van der Waals surface area contributed by atoms with Crippen molar-refractivity contribution < 1.29 is 22.7 Å². The normalized spacial score (nSPS) is 10.4. The van der Waals surface area contributed by atoms with Gasteiger partial charge in [0, 0.05) is 0 Å². The van der Waals surface area contributed by atoms with Gasteiger partial charge in [0.05, 0.1) is 11.3 Å². The summed E-state index contributed by atoms with van der Waals surface area (Å²) >= 11 is 0. The lowest BCUT2D eigenvalue weighted by Crippen LogP contribution is -2.15. The molecule has 0 radical (unpaired) electrons. The molecule has 0 aliphatic rings. The lowest BCUT2D eigenvalue weighted by Gasteiger charge is -2.12. The Labute approximate surface area is 141 Å². The van der Waals surface area contributed by atoms with Crippen LogP contribution >= 0.6 is 0 Å². The topological polar surface area (TPSA) is 38.3 Å². The average Bonchev–Trinajstić information content (AvgIpc) is 2.62. The van der Waals surface area contributed by atoms with Crippen molar-refractivity contribution in [2.45, 2.75) is 0 Å². The molecule has 3 nitrogen and oxygen atoms in total. The van der Waals surface area contributed by atoms with Gasteiger partial charge in [0.1, 0.15) is 5.75 Å². The van der Waals surface area contributed by atoms with Crippen molar-refractivity contribution in [3.05, 3.63) is 89.7 Å². The minimum Gasteiger partial charge on any atom is -0.455 e. The molecule has 0 aliphatic carbocycles. The third kappa shape index (κ3) is 3.63. The van der Waals surface area contributed by atoms with Crippen molar-refractivity contribution in [2.24, 2.45) is 0 Å². The van der Waals surface area contributed by atoms with Gasteiger partial charge in [-0.1, -0.05) is 30.3 Å². The zero-order valence-corrected chi connectivity index (χ0v) is 12.8. The molecule has 3 aromatic carbocycles. The number of rotatable bonds is 4. The maximum Gasteiger partial charge on any atom is 0.258 e. The third-order valence-electron chi connectivity index (χ3n) is 3.39. The number of ether oxygens (including phenoxy) is 1. The molecule has 3 rings (SSSR count). The second kappa shape index (κ2) is 7.09. The quantitative estimate of drug-likeness (QED) is 0.666. The van der Waals surface area contributed by atoms with Crippen LogP contribution in [0.1, 0.15) is 10.4 Å². The number of carbonyl (C=O) groups is 1. The van der Waals surface area contributed by atoms with Gasteiger partial charge in [0.25, 0.3) is 5.91 Å². The molecule has 1 amide bonds. The van der Waals surface area contributed by atoms with E-state index in [1.807, 2.05) is 6.07 Å². The van der Waals surface area contributed by atoms with E-state index in [1.54, 1.807) is 48.5 Å². The van der Waals surface area contributed by atoms with Crippen molar-refractivity contribution in [3.63, 3.8) is 0 Å². The van der Waals surface area contributed by atoms with E-state index >= 15 is 0 Å². The van der Waals surface area contributed by atoms with Crippen molar-refractivity contribution >= 4 is 11.6 Å². The molecule has 0 spiro atoms. The maximum atomic E-state index is 13.8. The molecule has 25 heavy (non-hydrogen) atoms. The first-order valence-corrected chi connectivity index (χ1v) is 7.33. The SMILES string of the molecule is O=C(Nc1ccccc1Oc1ccccc1)c1ccc(F)c(F)c1F. The average molecular weight is 343 g/mol. The van der Waals surface area contributed by atoms with Crippen LogP contribution in [0.25, 0.3) is 0 Å². The fourth-order valence-corrected chi connectivity index (χ4v) is 2.17. The number of amides is 1. The van der Waals surface area contributed by atoms with Gasteiger partial charge >= 0.3 is 0 Å². The molecule has 6 heteroatoms. The molecule has 3 aromatic rings.